The first kappa shape index (κ1) is 15.9. The number of aliphatic hydroxyl groups is 1. The van der Waals surface area contributed by atoms with Gasteiger partial charge in [0.25, 0.3) is 5.91 Å². The Morgan fingerprint density at radius 1 is 1.17 bits per heavy atom. The highest BCUT2D eigenvalue weighted by atomic mass is 16.8. The molecule has 0 radical (unpaired) electrons. The highest BCUT2D eigenvalue weighted by Gasteiger charge is 2.56. The molecule has 1 unspecified atom stereocenters. The second-order valence-electron chi connectivity index (χ2n) is 5.65. The summed E-state index contributed by atoms with van der Waals surface area (Å²) < 4.78 is 6.16. The summed E-state index contributed by atoms with van der Waals surface area (Å²) in [7, 11) is 3.27. The van der Waals surface area contributed by atoms with E-state index in [0.29, 0.717) is 11.8 Å². The Bertz CT molecular complexity index is 280. The van der Waals surface area contributed by atoms with Crippen LogP contribution in [0.25, 0.3) is 0 Å². The Morgan fingerprint density at radius 2 is 1.67 bits per heavy atom. The van der Waals surface area contributed by atoms with Crippen LogP contribution < -0.4 is 0 Å². The Kier molecular flexibility index (Phi) is 4.81. The van der Waals surface area contributed by atoms with Crippen molar-refractivity contribution in [2.24, 2.45) is 17.8 Å². The van der Waals surface area contributed by atoms with Crippen LogP contribution >= 0.6 is 0 Å². The van der Waals surface area contributed by atoms with E-state index in [9.17, 15) is 5.11 Å². The van der Waals surface area contributed by atoms with Crippen LogP contribution in [0.2, 0.25) is 0 Å². The Hall–Kier alpha value is -0.160. The van der Waals surface area contributed by atoms with Crippen LogP contribution in [0.1, 0.15) is 47.5 Å². The van der Waals surface area contributed by atoms with E-state index >= 15 is 0 Å². The smallest absolute Gasteiger partial charge is 0.252 e. The molecule has 1 saturated heterocycles. The lowest BCUT2D eigenvalue weighted by Gasteiger charge is -2.56. The van der Waals surface area contributed by atoms with Crippen molar-refractivity contribution in [2.75, 3.05) is 14.2 Å². The van der Waals surface area contributed by atoms with Crippen LogP contribution in [0.5, 0.6) is 0 Å². The average molecular weight is 259 g/mol. The Balaban J connectivity index is 3.15. The highest BCUT2D eigenvalue weighted by Crippen LogP contribution is 2.49. The molecule has 0 bridgehead atoms. The lowest BCUT2D eigenvalue weighted by atomic mass is 9.68. The third-order valence-electron chi connectivity index (χ3n) is 5.28. The zero-order valence-electron chi connectivity index (χ0n) is 12.9. The fraction of sp³-hybridized carbons (Fsp3) is 1.00. The first-order chi connectivity index (χ1) is 8.29. The molecule has 1 fully saturated rings. The average Bonchev–Trinajstić information content (AvgIpc) is 2.39. The standard InChI is InChI=1S/C14H29NO3/c1-8-13(9-2)11(4)10(3)12(5)14(16,18-13)15(6)17-7/h10-12,16H,8-9H2,1-7H3/t10-,11-,12+,14?/m0/s1. The maximum absolute atomic E-state index is 10.9. The Labute approximate surface area is 111 Å². The van der Waals surface area contributed by atoms with Crippen LogP contribution in [0.4, 0.5) is 0 Å². The molecule has 4 nitrogen and oxygen atoms in total. The second-order valence-corrected chi connectivity index (χ2v) is 5.65. The summed E-state index contributed by atoms with van der Waals surface area (Å²) in [6, 6.07) is 0. The van der Waals surface area contributed by atoms with Gasteiger partial charge in [-0.3, -0.25) is 4.84 Å². The predicted molar refractivity (Wildman–Crippen MR) is 71.6 cm³/mol. The number of ether oxygens (including phenoxy) is 1. The van der Waals surface area contributed by atoms with Crippen molar-refractivity contribution < 1.29 is 14.7 Å². The quantitative estimate of drug-likeness (QED) is 0.622. The first-order valence-electron chi connectivity index (χ1n) is 6.99. The van der Waals surface area contributed by atoms with Gasteiger partial charge in [-0.2, -0.15) is 0 Å². The van der Waals surface area contributed by atoms with Gasteiger partial charge in [0.1, 0.15) is 0 Å². The molecule has 1 aliphatic heterocycles. The zero-order chi connectivity index (χ0) is 14.1. The summed E-state index contributed by atoms with van der Waals surface area (Å²) in [5, 5.41) is 12.3. The molecule has 18 heavy (non-hydrogen) atoms. The van der Waals surface area contributed by atoms with Crippen molar-refractivity contribution >= 4 is 0 Å². The van der Waals surface area contributed by atoms with Gasteiger partial charge in [0.2, 0.25) is 0 Å². The van der Waals surface area contributed by atoms with E-state index in [4.69, 9.17) is 9.57 Å². The summed E-state index contributed by atoms with van der Waals surface area (Å²) >= 11 is 0. The molecular formula is C14H29NO3. The number of nitrogens with zero attached hydrogens (tertiary/aromatic N) is 1. The molecule has 1 heterocycles. The fourth-order valence-electron chi connectivity index (χ4n) is 3.26. The van der Waals surface area contributed by atoms with Crippen molar-refractivity contribution in [1.82, 2.24) is 5.06 Å². The molecular weight excluding hydrogens is 230 g/mol. The maximum atomic E-state index is 10.9. The summed E-state index contributed by atoms with van der Waals surface area (Å²) in [6.07, 6.45) is 1.78. The number of rotatable bonds is 4. The third kappa shape index (κ3) is 2.20. The van der Waals surface area contributed by atoms with E-state index in [2.05, 4.69) is 27.7 Å². The molecule has 0 aliphatic carbocycles. The zero-order valence-corrected chi connectivity index (χ0v) is 12.9. The van der Waals surface area contributed by atoms with Crippen molar-refractivity contribution in [3.05, 3.63) is 0 Å². The number of hydrogen-bond donors (Lipinski definition) is 1. The number of hydroxylamine groups is 2. The monoisotopic (exact) mass is 259 g/mol. The first-order valence-corrected chi connectivity index (χ1v) is 6.99. The Morgan fingerprint density at radius 3 is 2.06 bits per heavy atom. The molecule has 4 heteroatoms. The SMILES string of the molecule is CCC1(CC)OC(O)(N(C)OC)[C@H](C)[C@@H](C)[C@@H]1C. The van der Waals surface area contributed by atoms with Gasteiger partial charge in [0, 0.05) is 13.0 Å². The van der Waals surface area contributed by atoms with E-state index in [1.165, 1.54) is 5.06 Å². The van der Waals surface area contributed by atoms with Gasteiger partial charge < -0.3 is 9.84 Å². The van der Waals surface area contributed by atoms with Crippen LogP contribution in [0, 0.1) is 17.8 Å². The molecule has 1 N–H and O–H groups in total. The molecule has 1 aliphatic rings. The molecule has 0 spiro atoms. The lowest BCUT2D eigenvalue weighted by Crippen LogP contribution is -2.65. The van der Waals surface area contributed by atoms with Gasteiger partial charge >= 0.3 is 0 Å². The lowest BCUT2D eigenvalue weighted by molar-refractivity contribution is -0.453. The molecule has 108 valence electrons. The third-order valence-corrected chi connectivity index (χ3v) is 5.28. The van der Waals surface area contributed by atoms with Gasteiger partial charge in [-0.15, -0.1) is 5.06 Å². The van der Waals surface area contributed by atoms with Crippen molar-refractivity contribution in [3.8, 4) is 0 Å². The molecule has 0 aromatic rings. The van der Waals surface area contributed by atoms with Crippen molar-refractivity contribution in [3.63, 3.8) is 0 Å². The highest BCUT2D eigenvalue weighted by molar-refractivity contribution is 4.96. The largest absolute Gasteiger partial charge is 0.351 e. The van der Waals surface area contributed by atoms with Crippen molar-refractivity contribution in [2.45, 2.75) is 59.0 Å². The fourth-order valence-corrected chi connectivity index (χ4v) is 3.26. The van der Waals surface area contributed by atoms with E-state index in [0.717, 1.165) is 12.8 Å². The summed E-state index contributed by atoms with van der Waals surface area (Å²) in [4.78, 5) is 5.19. The summed E-state index contributed by atoms with van der Waals surface area (Å²) in [5.41, 5.74) is -0.284. The van der Waals surface area contributed by atoms with Crippen LogP contribution in [-0.4, -0.2) is 35.8 Å². The van der Waals surface area contributed by atoms with Crippen LogP contribution in [0.15, 0.2) is 0 Å². The molecule has 0 saturated carbocycles. The number of hydrogen-bond acceptors (Lipinski definition) is 4. The molecule has 0 amide bonds. The van der Waals surface area contributed by atoms with Crippen LogP contribution in [0.3, 0.4) is 0 Å². The minimum absolute atomic E-state index is 0.0105. The minimum atomic E-state index is -1.35. The normalized spacial score (nSPS) is 40.2. The van der Waals surface area contributed by atoms with Gasteiger partial charge in [-0.05, 0) is 24.7 Å². The van der Waals surface area contributed by atoms with Crippen molar-refractivity contribution in [1.29, 1.82) is 0 Å². The molecule has 1 rings (SSSR count). The van der Waals surface area contributed by atoms with Gasteiger partial charge in [0.05, 0.1) is 12.7 Å². The topological polar surface area (TPSA) is 41.9 Å². The van der Waals surface area contributed by atoms with Gasteiger partial charge in [-0.25, -0.2) is 0 Å². The second kappa shape index (κ2) is 5.45. The van der Waals surface area contributed by atoms with Gasteiger partial charge in [-0.1, -0.05) is 34.6 Å². The molecule has 0 aromatic heterocycles. The van der Waals surface area contributed by atoms with E-state index in [-0.39, 0.29) is 11.5 Å². The van der Waals surface area contributed by atoms with E-state index in [1.807, 2.05) is 6.92 Å². The maximum Gasteiger partial charge on any atom is 0.252 e. The van der Waals surface area contributed by atoms with Gasteiger partial charge in [0.15, 0.2) is 0 Å². The van der Waals surface area contributed by atoms with E-state index in [1.54, 1.807) is 14.2 Å². The van der Waals surface area contributed by atoms with Crippen LogP contribution in [-0.2, 0) is 9.57 Å². The molecule has 4 atom stereocenters. The summed E-state index contributed by atoms with van der Waals surface area (Å²) in [5.74, 6) is -0.592. The minimum Gasteiger partial charge on any atom is -0.351 e. The van der Waals surface area contributed by atoms with E-state index < -0.39 is 5.91 Å². The summed E-state index contributed by atoms with van der Waals surface area (Å²) in [6.45, 7) is 10.7. The molecule has 0 aromatic carbocycles. The predicted octanol–water partition coefficient (Wildman–Crippen LogP) is 2.62.